The van der Waals surface area contributed by atoms with Gasteiger partial charge in [-0.25, -0.2) is 0 Å². The zero-order chi connectivity index (χ0) is 43.1. The summed E-state index contributed by atoms with van der Waals surface area (Å²) in [4.78, 5) is 4.68. The molecule has 12 aromatic rings. The summed E-state index contributed by atoms with van der Waals surface area (Å²) in [6, 6.07) is 91.4. The fraction of sp³-hybridized carbons (Fsp3) is 0. The molecule has 0 bridgehead atoms. The number of furan rings is 1. The highest BCUT2D eigenvalue weighted by molar-refractivity contribution is 6.13. The number of hydrogen-bond acceptors (Lipinski definition) is 3. The second kappa shape index (κ2) is 16.2. The Labute approximate surface area is 378 Å². The third-order valence-electron chi connectivity index (χ3n) is 12.6. The average molecular weight is 831 g/mol. The molecule has 1 heterocycles. The van der Waals surface area contributed by atoms with Gasteiger partial charge in [0.1, 0.15) is 11.2 Å². The van der Waals surface area contributed by atoms with Crippen molar-refractivity contribution in [1.82, 2.24) is 0 Å². The molecular formula is C62H42N2O. The maximum atomic E-state index is 6.37. The van der Waals surface area contributed by atoms with Crippen LogP contribution in [0.25, 0.3) is 76.9 Å². The summed E-state index contributed by atoms with van der Waals surface area (Å²) in [5.41, 5.74) is 15.3. The van der Waals surface area contributed by atoms with Crippen LogP contribution in [0, 0.1) is 0 Å². The van der Waals surface area contributed by atoms with Gasteiger partial charge in [0, 0.05) is 33.8 Å². The fourth-order valence-corrected chi connectivity index (χ4v) is 9.54. The van der Waals surface area contributed by atoms with Crippen molar-refractivity contribution in [2.24, 2.45) is 0 Å². The minimum Gasteiger partial charge on any atom is -0.456 e. The summed E-state index contributed by atoms with van der Waals surface area (Å²) in [5.74, 6) is 0. The second-order valence-electron chi connectivity index (χ2n) is 16.5. The number of benzene rings is 11. The highest BCUT2D eigenvalue weighted by Gasteiger charge is 2.21. The Morgan fingerprint density at radius 2 is 0.769 bits per heavy atom. The summed E-state index contributed by atoms with van der Waals surface area (Å²) in [5, 5.41) is 7.13. The van der Waals surface area contributed by atoms with E-state index in [1.165, 1.54) is 49.4 Å². The maximum Gasteiger partial charge on any atom is 0.137 e. The predicted molar refractivity (Wildman–Crippen MR) is 274 cm³/mol. The number of rotatable bonds is 9. The molecule has 11 aromatic carbocycles. The van der Waals surface area contributed by atoms with Crippen molar-refractivity contribution in [2.75, 3.05) is 9.80 Å². The van der Waals surface area contributed by atoms with Crippen LogP contribution in [0.4, 0.5) is 34.1 Å². The van der Waals surface area contributed by atoms with E-state index in [1.54, 1.807) is 0 Å². The van der Waals surface area contributed by atoms with Crippen molar-refractivity contribution >= 4 is 77.6 Å². The first-order valence-corrected chi connectivity index (χ1v) is 22.2. The van der Waals surface area contributed by atoms with Crippen molar-refractivity contribution in [2.45, 2.75) is 0 Å². The van der Waals surface area contributed by atoms with Crippen molar-refractivity contribution in [3.63, 3.8) is 0 Å². The highest BCUT2D eigenvalue weighted by Crippen LogP contribution is 2.45. The number of anilines is 6. The summed E-state index contributed by atoms with van der Waals surface area (Å²) in [6.45, 7) is 0. The molecule has 0 N–H and O–H groups in total. The Kier molecular flexibility index (Phi) is 9.50. The van der Waals surface area contributed by atoms with E-state index >= 15 is 0 Å². The molecule has 3 nitrogen and oxygen atoms in total. The molecule has 0 saturated heterocycles. The monoisotopic (exact) mass is 830 g/mol. The van der Waals surface area contributed by atoms with Crippen molar-refractivity contribution in [1.29, 1.82) is 0 Å². The van der Waals surface area contributed by atoms with Gasteiger partial charge in [-0.1, -0.05) is 170 Å². The molecule has 3 heteroatoms. The first-order chi connectivity index (χ1) is 32.2. The molecule has 0 aliphatic carbocycles. The van der Waals surface area contributed by atoms with Crippen LogP contribution in [0.2, 0.25) is 0 Å². The van der Waals surface area contributed by atoms with E-state index in [0.717, 1.165) is 61.6 Å². The Bertz CT molecular complexity index is 3630. The quantitative estimate of drug-likeness (QED) is 0.144. The van der Waals surface area contributed by atoms with Crippen molar-refractivity contribution in [3.05, 3.63) is 255 Å². The first-order valence-electron chi connectivity index (χ1n) is 22.2. The number of para-hydroxylation sites is 2. The lowest BCUT2D eigenvalue weighted by Crippen LogP contribution is -2.12. The van der Waals surface area contributed by atoms with Crippen LogP contribution in [-0.2, 0) is 0 Å². The van der Waals surface area contributed by atoms with Crippen molar-refractivity contribution < 1.29 is 4.42 Å². The van der Waals surface area contributed by atoms with Gasteiger partial charge in [-0.15, -0.1) is 0 Å². The highest BCUT2D eigenvalue weighted by atomic mass is 16.3. The minimum atomic E-state index is 0.864. The van der Waals surface area contributed by atoms with Crippen LogP contribution in [0.15, 0.2) is 259 Å². The maximum absolute atomic E-state index is 6.37. The van der Waals surface area contributed by atoms with Crippen LogP contribution >= 0.6 is 0 Å². The predicted octanol–water partition coefficient (Wildman–Crippen LogP) is 17.8. The average Bonchev–Trinajstić information content (AvgIpc) is 3.77. The van der Waals surface area contributed by atoms with Crippen LogP contribution in [0.1, 0.15) is 0 Å². The van der Waals surface area contributed by atoms with E-state index in [0.29, 0.717) is 0 Å². The standard InChI is InChI=1S/C62H42N2O/c1-3-14-43(15-4-1)45-28-33-51(34-29-45)63(52-35-30-47(31-36-52)56-41-32-46-17-9-10-21-55(46)61(56)49-27-26-44-16-7-8-18-48(44)42-49)53-37-39-54(40-38-53)64(50-19-5-2-6-20-50)58-23-13-25-60-62(58)57-22-11-12-24-59(57)65-60/h1-42H. The van der Waals surface area contributed by atoms with E-state index in [-0.39, 0.29) is 0 Å². The van der Waals surface area contributed by atoms with E-state index in [1.807, 2.05) is 12.1 Å². The molecule has 0 spiro atoms. The van der Waals surface area contributed by atoms with Gasteiger partial charge in [0.05, 0.1) is 11.1 Å². The first kappa shape index (κ1) is 38.0. The lowest BCUT2D eigenvalue weighted by Gasteiger charge is -2.29. The van der Waals surface area contributed by atoms with Gasteiger partial charge in [0.15, 0.2) is 0 Å². The molecule has 0 radical (unpaired) electrons. The molecule has 0 aliphatic heterocycles. The topological polar surface area (TPSA) is 19.6 Å². The van der Waals surface area contributed by atoms with E-state index < -0.39 is 0 Å². The lowest BCUT2D eigenvalue weighted by atomic mass is 9.89. The van der Waals surface area contributed by atoms with Crippen LogP contribution in [0.5, 0.6) is 0 Å². The fourth-order valence-electron chi connectivity index (χ4n) is 9.54. The molecule has 65 heavy (non-hydrogen) atoms. The van der Waals surface area contributed by atoms with E-state index in [4.69, 9.17) is 4.42 Å². The van der Waals surface area contributed by atoms with Crippen LogP contribution in [-0.4, -0.2) is 0 Å². The number of hydrogen-bond donors (Lipinski definition) is 0. The smallest absolute Gasteiger partial charge is 0.137 e. The second-order valence-corrected chi connectivity index (χ2v) is 16.5. The van der Waals surface area contributed by atoms with Crippen LogP contribution in [0.3, 0.4) is 0 Å². The number of nitrogens with zero attached hydrogens (tertiary/aromatic N) is 2. The Morgan fingerprint density at radius 1 is 0.277 bits per heavy atom. The third kappa shape index (κ3) is 6.97. The Hall–Kier alpha value is -8.66. The molecule has 306 valence electrons. The molecular weight excluding hydrogens is 789 g/mol. The number of fused-ring (bicyclic) bond motifs is 5. The molecule has 0 saturated carbocycles. The van der Waals surface area contributed by atoms with Crippen molar-refractivity contribution in [3.8, 4) is 33.4 Å². The normalized spacial score (nSPS) is 11.4. The molecule has 12 rings (SSSR count). The summed E-state index contributed by atoms with van der Waals surface area (Å²) >= 11 is 0. The Balaban J connectivity index is 0.972. The largest absolute Gasteiger partial charge is 0.456 e. The van der Waals surface area contributed by atoms with Gasteiger partial charge >= 0.3 is 0 Å². The Morgan fingerprint density at radius 3 is 1.49 bits per heavy atom. The third-order valence-corrected chi connectivity index (χ3v) is 12.6. The summed E-state index contributed by atoms with van der Waals surface area (Å²) in [7, 11) is 0. The molecule has 0 amide bonds. The van der Waals surface area contributed by atoms with Gasteiger partial charge in [-0.05, 0) is 140 Å². The summed E-state index contributed by atoms with van der Waals surface area (Å²) in [6.07, 6.45) is 0. The minimum absolute atomic E-state index is 0.864. The zero-order valence-corrected chi connectivity index (χ0v) is 35.6. The zero-order valence-electron chi connectivity index (χ0n) is 35.6. The van der Waals surface area contributed by atoms with Gasteiger partial charge in [0.25, 0.3) is 0 Å². The van der Waals surface area contributed by atoms with Gasteiger partial charge in [-0.3, -0.25) is 0 Å². The molecule has 0 unspecified atom stereocenters. The van der Waals surface area contributed by atoms with E-state index in [9.17, 15) is 0 Å². The van der Waals surface area contributed by atoms with Gasteiger partial charge in [0.2, 0.25) is 0 Å². The van der Waals surface area contributed by atoms with E-state index in [2.05, 4.69) is 252 Å². The molecule has 0 atom stereocenters. The SMILES string of the molecule is c1ccc(-c2ccc(N(c3ccc(-c4ccc5ccccc5c4-c4ccc5ccccc5c4)cc3)c3ccc(N(c4ccccc4)c4cccc5oc6ccccc6c45)cc3)cc2)cc1. The lowest BCUT2D eigenvalue weighted by molar-refractivity contribution is 0.669. The molecule has 0 fully saturated rings. The molecule has 1 aromatic heterocycles. The molecule has 0 aliphatic rings. The van der Waals surface area contributed by atoms with Crippen LogP contribution < -0.4 is 9.80 Å². The van der Waals surface area contributed by atoms with Gasteiger partial charge in [-0.2, -0.15) is 0 Å². The summed E-state index contributed by atoms with van der Waals surface area (Å²) < 4.78 is 6.37. The van der Waals surface area contributed by atoms with Gasteiger partial charge < -0.3 is 14.2 Å².